The predicted molar refractivity (Wildman–Crippen MR) is 68.3 cm³/mol. The number of rotatable bonds is 1. The maximum atomic E-state index is 13.7. The highest BCUT2D eigenvalue weighted by Crippen LogP contribution is 2.24. The first-order valence-electron chi connectivity index (χ1n) is 5.11. The molecule has 2 nitrogen and oxygen atoms in total. The summed E-state index contributed by atoms with van der Waals surface area (Å²) in [6.07, 6.45) is 0. The third-order valence-corrected chi connectivity index (χ3v) is 2.96. The molecule has 2 rings (SSSR count). The monoisotopic (exact) mass is 264 g/mol. The summed E-state index contributed by atoms with van der Waals surface area (Å²) in [4.78, 5) is 2.07. The van der Waals surface area contributed by atoms with E-state index < -0.39 is 0 Å². The van der Waals surface area contributed by atoms with E-state index in [0.29, 0.717) is 16.8 Å². The molecule has 1 fully saturated rings. The van der Waals surface area contributed by atoms with Gasteiger partial charge in [0.15, 0.2) is 0 Å². The van der Waals surface area contributed by atoms with Crippen molar-refractivity contribution >= 4 is 29.7 Å². The first-order chi connectivity index (χ1) is 7.18. The van der Waals surface area contributed by atoms with E-state index in [1.807, 2.05) is 0 Å². The lowest BCUT2D eigenvalue weighted by Gasteiger charge is -2.36. The molecule has 0 saturated carbocycles. The minimum Gasteiger partial charge on any atom is -0.364 e. The number of hydrogen-bond acceptors (Lipinski definition) is 2. The van der Waals surface area contributed by atoms with Crippen molar-refractivity contribution in [3.05, 3.63) is 29.0 Å². The largest absolute Gasteiger partial charge is 0.364 e. The van der Waals surface area contributed by atoms with Gasteiger partial charge in [0, 0.05) is 30.7 Å². The summed E-state index contributed by atoms with van der Waals surface area (Å²) in [5.41, 5.74) is 0.647. The molecule has 0 aliphatic carbocycles. The molecule has 0 unspecified atom stereocenters. The van der Waals surface area contributed by atoms with E-state index in [1.165, 1.54) is 6.07 Å². The van der Waals surface area contributed by atoms with Gasteiger partial charge in [-0.05, 0) is 25.1 Å². The molecule has 0 amide bonds. The number of hydrogen-bond donors (Lipinski definition) is 1. The van der Waals surface area contributed by atoms with Crippen LogP contribution >= 0.6 is 24.0 Å². The van der Waals surface area contributed by atoms with Crippen LogP contribution in [-0.2, 0) is 0 Å². The van der Waals surface area contributed by atoms with Crippen LogP contribution in [0.4, 0.5) is 10.1 Å². The van der Waals surface area contributed by atoms with Crippen molar-refractivity contribution in [1.29, 1.82) is 0 Å². The second-order valence-electron chi connectivity index (χ2n) is 3.84. The summed E-state index contributed by atoms with van der Waals surface area (Å²) >= 11 is 5.72. The van der Waals surface area contributed by atoms with E-state index in [-0.39, 0.29) is 18.2 Å². The quantitative estimate of drug-likeness (QED) is 0.839. The smallest absolute Gasteiger partial charge is 0.147 e. The molecule has 0 bridgehead atoms. The maximum absolute atomic E-state index is 13.7. The lowest BCUT2D eigenvalue weighted by molar-refractivity contribution is 0.491. The van der Waals surface area contributed by atoms with Crippen LogP contribution in [0.1, 0.15) is 6.92 Å². The Morgan fingerprint density at radius 1 is 1.50 bits per heavy atom. The molecule has 16 heavy (non-hydrogen) atoms. The molecule has 1 aromatic carbocycles. The van der Waals surface area contributed by atoms with Gasteiger partial charge in [0.1, 0.15) is 5.82 Å². The normalized spacial score (nSPS) is 20.4. The van der Waals surface area contributed by atoms with Gasteiger partial charge < -0.3 is 10.2 Å². The second kappa shape index (κ2) is 5.71. The molecular weight excluding hydrogens is 250 g/mol. The molecular formula is C11H15Cl2FN2. The van der Waals surface area contributed by atoms with Crippen LogP contribution in [0, 0.1) is 5.82 Å². The van der Waals surface area contributed by atoms with Crippen LogP contribution in [0.25, 0.3) is 0 Å². The number of nitrogens with zero attached hydrogens (tertiary/aromatic N) is 1. The summed E-state index contributed by atoms with van der Waals surface area (Å²) < 4.78 is 13.7. The SMILES string of the molecule is C[C@@H]1CNCCN1c1ccc(Cl)cc1F.Cl. The number of benzene rings is 1. The lowest BCUT2D eigenvalue weighted by atomic mass is 10.1. The van der Waals surface area contributed by atoms with Crippen molar-refractivity contribution in [2.24, 2.45) is 0 Å². The van der Waals surface area contributed by atoms with E-state index in [4.69, 9.17) is 11.6 Å². The van der Waals surface area contributed by atoms with E-state index in [2.05, 4.69) is 17.1 Å². The van der Waals surface area contributed by atoms with Crippen molar-refractivity contribution in [3.63, 3.8) is 0 Å². The Hall–Kier alpha value is -0.510. The summed E-state index contributed by atoms with van der Waals surface area (Å²) in [6.45, 7) is 4.70. The van der Waals surface area contributed by atoms with Crippen LogP contribution < -0.4 is 10.2 Å². The van der Waals surface area contributed by atoms with Gasteiger partial charge in [-0.3, -0.25) is 0 Å². The molecule has 1 atom stereocenters. The number of nitrogens with one attached hydrogen (secondary N) is 1. The summed E-state index contributed by atoms with van der Waals surface area (Å²) in [6, 6.07) is 5.16. The van der Waals surface area contributed by atoms with Crippen LogP contribution in [-0.4, -0.2) is 25.7 Å². The Balaban J connectivity index is 0.00000128. The third-order valence-electron chi connectivity index (χ3n) is 2.72. The molecule has 1 aromatic rings. The Labute approximate surface area is 106 Å². The molecule has 1 heterocycles. The van der Waals surface area contributed by atoms with Gasteiger partial charge in [0.05, 0.1) is 5.69 Å². The summed E-state index contributed by atoms with van der Waals surface area (Å²) in [7, 11) is 0. The zero-order valence-electron chi connectivity index (χ0n) is 9.04. The Morgan fingerprint density at radius 3 is 2.88 bits per heavy atom. The van der Waals surface area contributed by atoms with Crippen molar-refractivity contribution < 1.29 is 4.39 Å². The molecule has 90 valence electrons. The van der Waals surface area contributed by atoms with E-state index >= 15 is 0 Å². The van der Waals surface area contributed by atoms with Crippen LogP contribution in [0.3, 0.4) is 0 Å². The molecule has 0 radical (unpaired) electrons. The molecule has 1 aliphatic rings. The second-order valence-corrected chi connectivity index (χ2v) is 4.28. The number of anilines is 1. The summed E-state index contributed by atoms with van der Waals surface area (Å²) in [5.74, 6) is -0.240. The first-order valence-corrected chi connectivity index (χ1v) is 5.48. The molecule has 1 aliphatic heterocycles. The van der Waals surface area contributed by atoms with Gasteiger partial charge in [-0.25, -0.2) is 4.39 Å². The highest BCUT2D eigenvalue weighted by Gasteiger charge is 2.20. The van der Waals surface area contributed by atoms with E-state index in [0.717, 1.165) is 19.6 Å². The maximum Gasteiger partial charge on any atom is 0.147 e. The number of halogens is 3. The van der Waals surface area contributed by atoms with Gasteiger partial charge >= 0.3 is 0 Å². The van der Waals surface area contributed by atoms with Crippen molar-refractivity contribution in [3.8, 4) is 0 Å². The average molecular weight is 265 g/mol. The van der Waals surface area contributed by atoms with Crippen molar-refractivity contribution in [1.82, 2.24) is 5.32 Å². The highest BCUT2D eigenvalue weighted by molar-refractivity contribution is 6.30. The number of piperazine rings is 1. The zero-order chi connectivity index (χ0) is 10.8. The zero-order valence-corrected chi connectivity index (χ0v) is 10.6. The summed E-state index contributed by atoms with van der Waals surface area (Å²) in [5, 5.41) is 3.72. The Morgan fingerprint density at radius 2 is 2.25 bits per heavy atom. The van der Waals surface area contributed by atoms with Gasteiger partial charge in [0.25, 0.3) is 0 Å². The minimum absolute atomic E-state index is 0. The minimum atomic E-state index is -0.240. The lowest BCUT2D eigenvalue weighted by Crippen LogP contribution is -2.50. The van der Waals surface area contributed by atoms with Gasteiger partial charge in [0.2, 0.25) is 0 Å². The fourth-order valence-electron chi connectivity index (χ4n) is 1.91. The fraction of sp³-hybridized carbons (Fsp3) is 0.455. The average Bonchev–Trinajstić information content (AvgIpc) is 2.20. The highest BCUT2D eigenvalue weighted by atomic mass is 35.5. The topological polar surface area (TPSA) is 15.3 Å². The van der Waals surface area contributed by atoms with Crippen molar-refractivity contribution in [2.45, 2.75) is 13.0 Å². The van der Waals surface area contributed by atoms with Crippen LogP contribution in [0.5, 0.6) is 0 Å². The van der Waals surface area contributed by atoms with Crippen LogP contribution in [0.2, 0.25) is 5.02 Å². The van der Waals surface area contributed by atoms with Gasteiger partial charge in [-0.2, -0.15) is 0 Å². The van der Waals surface area contributed by atoms with Crippen LogP contribution in [0.15, 0.2) is 18.2 Å². The fourth-order valence-corrected chi connectivity index (χ4v) is 2.07. The molecule has 1 saturated heterocycles. The Kier molecular flexibility index (Phi) is 4.84. The molecule has 0 spiro atoms. The first kappa shape index (κ1) is 13.6. The third kappa shape index (κ3) is 2.78. The van der Waals surface area contributed by atoms with Gasteiger partial charge in [-0.1, -0.05) is 11.6 Å². The molecule has 0 aromatic heterocycles. The van der Waals surface area contributed by atoms with Gasteiger partial charge in [-0.15, -0.1) is 12.4 Å². The molecule has 1 N–H and O–H groups in total. The Bertz CT molecular complexity index is 360. The standard InChI is InChI=1S/C11H14ClFN2.ClH/c1-8-7-14-4-5-15(8)11-3-2-9(12)6-10(11)13;/h2-3,6,8,14H,4-5,7H2,1H3;1H/t8-;/m1./s1. The molecule has 5 heteroatoms. The van der Waals surface area contributed by atoms with E-state index in [1.54, 1.807) is 12.1 Å². The van der Waals surface area contributed by atoms with Crippen molar-refractivity contribution in [2.75, 3.05) is 24.5 Å². The van der Waals surface area contributed by atoms with E-state index in [9.17, 15) is 4.39 Å². The predicted octanol–water partition coefficient (Wildman–Crippen LogP) is 2.70.